The van der Waals surface area contributed by atoms with Crippen molar-refractivity contribution in [3.05, 3.63) is 0 Å². The van der Waals surface area contributed by atoms with Crippen LogP contribution in [0.15, 0.2) is 0 Å². The summed E-state index contributed by atoms with van der Waals surface area (Å²) in [6.45, 7) is 4.10. The maximum absolute atomic E-state index is 11.3. The Balaban J connectivity index is 2.27. The summed E-state index contributed by atoms with van der Waals surface area (Å²) in [6.07, 6.45) is 6.39. The molecule has 1 aliphatic rings. The van der Waals surface area contributed by atoms with Gasteiger partial charge in [0.25, 0.3) is 0 Å². The molecule has 2 N–H and O–H groups in total. The number of hydrogen-bond donors (Lipinski definition) is 2. The highest BCUT2D eigenvalue weighted by atomic mass is 16.4. The standard InChI is InChI=1S/C14H28N2O2/c1-4-14(15-2,13(17)18)9-6-10-16(3)11-12-7-5-8-12/h12,15H,4-11H2,1-3H3,(H,17,18). The third kappa shape index (κ3) is 3.95. The van der Waals surface area contributed by atoms with Crippen LogP contribution in [0.5, 0.6) is 0 Å². The quantitative estimate of drug-likeness (QED) is 0.662. The second kappa shape index (κ2) is 7.10. The van der Waals surface area contributed by atoms with Crippen LogP contribution in [-0.4, -0.2) is 48.7 Å². The van der Waals surface area contributed by atoms with E-state index in [2.05, 4.69) is 17.3 Å². The topological polar surface area (TPSA) is 52.6 Å². The van der Waals surface area contributed by atoms with Crippen LogP contribution in [0, 0.1) is 5.92 Å². The van der Waals surface area contributed by atoms with Crippen LogP contribution in [0.4, 0.5) is 0 Å². The zero-order chi connectivity index (χ0) is 13.6. The lowest BCUT2D eigenvalue weighted by Gasteiger charge is -2.31. The first-order valence-corrected chi connectivity index (χ1v) is 7.15. The number of nitrogens with one attached hydrogen (secondary N) is 1. The van der Waals surface area contributed by atoms with Gasteiger partial charge < -0.3 is 15.3 Å². The van der Waals surface area contributed by atoms with E-state index in [1.807, 2.05) is 6.92 Å². The van der Waals surface area contributed by atoms with Crippen molar-refractivity contribution in [2.75, 3.05) is 27.2 Å². The number of likely N-dealkylation sites (N-methyl/N-ethyl adjacent to an activating group) is 1. The zero-order valence-electron chi connectivity index (χ0n) is 12.0. The minimum absolute atomic E-state index is 0.630. The van der Waals surface area contributed by atoms with Crippen LogP contribution in [0.25, 0.3) is 0 Å². The van der Waals surface area contributed by atoms with Gasteiger partial charge in [-0.05, 0) is 58.7 Å². The van der Waals surface area contributed by atoms with Gasteiger partial charge in [0.05, 0.1) is 0 Å². The molecule has 0 radical (unpaired) electrons. The summed E-state index contributed by atoms with van der Waals surface area (Å²) in [5, 5.41) is 12.3. The zero-order valence-corrected chi connectivity index (χ0v) is 12.0. The molecule has 0 aromatic rings. The molecule has 1 fully saturated rings. The van der Waals surface area contributed by atoms with E-state index >= 15 is 0 Å². The molecule has 0 aromatic heterocycles. The van der Waals surface area contributed by atoms with Gasteiger partial charge in [-0.1, -0.05) is 13.3 Å². The fourth-order valence-electron chi connectivity index (χ4n) is 2.70. The summed E-state index contributed by atoms with van der Waals surface area (Å²) in [5.74, 6) is 0.156. The molecule has 1 aliphatic carbocycles. The Morgan fingerprint density at radius 2 is 2.17 bits per heavy atom. The Morgan fingerprint density at radius 1 is 1.50 bits per heavy atom. The second-order valence-corrected chi connectivity index (χ2v) is 5.65. The Hall–Kier alpha value is -0.610. The molecule has 0 saturated heterocycles. The molecule has 1 unspecified atom stereocenters. The van der Waals surface area contributed by atoms with Crippen molar-refractivity contribution in [2.45, 2.75) is 51.0 Å². The molecule has 0 aromatic carbocycles. The molecular weight excluding hydrogens is 228 g/mol. The van der Waals surface area contributed by atoms with E-state index in [0.717, 1.165) is 18.9 Å². The minimum Gasteiger partial charge on any atom is -0.480 e. The molecule has 0 amide bonds. The van der Waals surface area contributed by atoms with Gasteiger partial charge in [-0.3, -0.25) is 4.79 Å². The van der Waals surface area contributed by atoms with Gasteiger partial charge in [0, 0.05) is 6.54 Å². The second-order valence-electron chi connectivity index (χ2n) is 5.65. The first-order chi connectivity index (χ1) is 8.54. The third-order valence-electron chi connectivity index (χ3n) is 4.43. The van der Waals surface area contributed by atoms with Gasteiger partial charge in [0.15, 0.2) is 0 Å². The summed E-state index contributed by atoms with van der Waals surface area (Å²) in [6, 6.07) is 0. The number of hydrogen-bond acceptors (Lipinski definition) is 3. The van der Waals surface area contributed by atoms with Crippen molar-refractivity contribution >= 4 is 5.97 Å². The van der Waals surface area contributed by atoms with Gasteiger partial charge in [-0.2, -0.15) is 0 Å². The fraction of sp³-hybridized carbons (Fsp3) is 0.929. The van der Waals surface area contributed by atoms with Gasteiger partial charge in [0.1, 0.15) is 5.54 Å². The van der Waals surface area contributed by atoms with Crippen molar-refractivity contribution in [2.24, 2.45) is 5.92 Å². The molecule has 0 heterocycles. The maximum atomic E-state index is 11.3. The van der Waals surface area contributed by atoms with Crippen LogP contribution in [0.3, 0.4) is 0 Å². The molecule has 1 rings (SSSR count). The Bertz CT molecular complexity index is 261. The maximum Gasteiger partial charge on any atom is 0.323 e. The Labute approximate surface area is 111 Å². The number of rotatable bonds is 9. The highest BCUT2D eigenvalue weighted by molar-refractivity contribution is 5.78. The van der Waals surface area contributed by atoms with Crippen LogP contribution < -0.4 is 5.32 Å². The molecule has 106 valence electrons. The smallest absolute Gasteiger partial charge is 0.323 e. The summed E-state index contributed by atoms with van der Waals surface area (Å²) < 4.78 is 0. The average molecular weight is 256 g/mol. The summed E-state index contributed by atoms with van der Waals surface area (Å²) in [4.78, 5) is 13.7. The van der Waals surface area contributed by atoms with E-state index in [-0.39, 0.29) is 0 Å². The lowest BCUT2D eigenvalue weighted by Crippen LogP contribution is -2.50. The Morgan fingerprint density at radius 3 is 2.56 bits per heavy atom. The predicted molar refractivity (Wildman–Crippen MR) is 73.8 cm³/mol. The first kappa shape index (κ1) is 15.4. The SMILES string of the molecule is CCC(CCCN(C)CC1CCC1)(NC)C(=O)O. The number of carboxylic acid groups (broad SMARTS) is 1. The molecule has 18 heavy (non-hydrogen) atoms. The summed E-state index contributed by atoms with van der Waals surface area (Å²) in [7, 11) is 3.89. The third-order valence-corrected chi connectivity index (χ3v) is 4.43. The summed E-state index contributed by atoms with van der Waals surface area (Å²) >= 11 is 0. The predicted octanol–water partition coefficient (Wildman–Crippen LogP) is 1.95. The molecule has 4 nitrogen and oxygen atoms in total. The van der Waals surface area contributed by atoms with Gasteiger partial charge in [-0.25, -0.2) is 0 Å². The van der Waals surface area contributed by atoms with Gasteiger partial charge in [0.2, 0.25) is 0 Å². The normalized spacial score (nSPS) is 19.6. The van der Waals surface area contributed by atoms with Crippen molar-refractivity contribution < 1.29 is 9.90 Å². The first-order valence-electron chi connectivity index (χ1n) is 7.15. The monoisotopic (exact) mass is 256 g/mol. The molecule has 0 aliphatic heterocycles. The van der Waals surface area contributed by atoms with Gasteiger partial charge >= 0.3 is 5.97 Å². The fourth-order valence-corrected chi connectivity index (χ4v) is 2.70. The molecular formula is C14H28N2O2. The van der Waals surface area contributed by atoms with Crippen molar-refractivity contribution in [1.29, 1.82) is 0 Å². The Kier molecular flexibility index (Phi) is 6.09. The minimum atomic E-state index is -0.739. The molecule has 1 atom stereocenters. The van der Waals surface area contributed by atoms with Crippen molar-refractivity contribution in [1.82, 2.24) is 10.2 Å². The average Bonchev–Trinajstić information content (AvgIpc) is 2.29. The van der Waals surface area contributed by atoms with Crippen LogP contribution in [-0.2, 0) is 4.79 Å². The van der Waals surface area contributed by atoms with E-state index in [4.69, 9.17) is 0 Å². The van der Waals surface area contributed by atoms with E-state index < -0.39 is 11.5 Å². The van der Waals surface area contributed by atoms with Crippen molar-refractivity contribution in [3.8, 4) is 0 Å². The van der Waals surface area contributed by atoms with E-state index in [9.17, 15) is 9.90 Å². The molecule has 1 saturated carbocycles. The largest absolute Gasteiger partial charge is 0.480 e. The lowest BCUT2D eigenvalue weighted by atomic mass is 9.85. The van der Waals surface area contributed by atoms with Crippen LogP contribution in [0.2, 0.25) is 0 Å². The lowest BCUT2D eigenvalue weighted by molar-refractivity contribution is -0.145. The number of aliphatic carboxylic acids is 1. The number of nitrogens with zero attached hydrogens (tertiary/aromatic N) is 1. The summed E-state index contributed by atoms with van der Waals surface area (Å²) in [5.41, 5.74) is -0.739. The molecule has 0 bridgehead atoms. The van der Waals surface area contributed by atoms with Crippen LogP contribution >= 0.6 is 0 Å². The molecule has 4 heteroatoms. The highest BCUT2D eigenvalue weighted by Crippen LogP contribution is 2.27. The van der Waals surface area contributed by atoms with Crippen molar-refractivity contribution in [3.63, 3.8) is 0 Å². The van der Waals surface area contributed by atoms with Crippen LogP contribution in [0.1, 0.15) is 45.4 Å². The molecule has 0 spiro atoms. The van der Waals surface area contributed by atoms with E-state index in [0.29, 0.717) is 12.8 Å². The highest BCUT2D eigenvalue weighted by Gasteiger charge is 2.34. The van der Waals surface area contributed by atoms with E-state index in [1.165, 1.54) is 25.8 Å². The number of carboxylic acids is 1. The van der Waals surface area contributed by atoms with Gasteiger partial charge in [-0.15, -0.1) is 0 Å². The van der Waals surface area contributed by atoms with E-state index in [1.54, 1.807) is 7.05 Å². The number of carbonyl (C=O) groups is 1.